The number of aromatic amines is 1. The van der Waals surface area contributed by atoms with Gasteiger partial charge in [-0.25, -0.2) is 14.4 Å². The Morgan fingerprint density at radius 1 is 1.38 bits per heavy atom. The zero-order valence-electron chi connectivity index (χ0n) is 15.7. The molecule has 0 saturated heterocycles. The second kappa shape index (κ2) is 6.63. The van der Waals surface area contributed by atoms with E-state index >= 15 is 0 Å². The zero-order chi connectivity index (χ0) is 20.1. The summed E-state index contributed by atoms with van der Waals surface area (Å²) < 4.78 is 15.2. The van der Waals surface area contributed by atoms with Gasteiger partial charge >= 0.3 is 0 Å². The molecule has 0 bridgehead atoms. The second-order valence-corrected chi connectivity index (χ2v) is 7.43. The van der Waals surface area contributed by atoms with Crippen LogP contribution in [0.3, 0.4) is 0 Å². The summed E-state index contributed by atoms with van der Waals surface area (Å²) in [6, 6.07) is 4.41. The van der Waals surface area contributed by atoms with Crippen molar-refractivity contribution < 1.29 is 14.3 Å². The number of H-pyrrole nitrogens is 1. The largest absolute Gasteiger partial charge is 0.393 e. The Hall–Kier alpha value is -3.33. The normalized spacial score (nSPS) is 19.3. The molecule has 0 spiro atoms. The van der Waals surface area contributed by atoms with Crippen molar-refractivity contribution in [3.8, 4) is 11.4 Å². The Morgan fingerprint density at radius 2 is 2.24 bits per heavy atom. The van der Waals surface area contributed by atoms with Crippen molar-refractivity contribution in [1.29, 1.82) is 0 Å². The number of nitrogens with one attached hydrogen (secondary N) is 2. The molecule has 3 aromatic heterocycles. The first-order valence-corrected chi connectivity index (χ1v) is 9.45. The number of rotatable bonds is 3. The van der Waals surface area contributed by atoms with Gasteiger partial charge in [-0.15, -0.1) is 0 Å². The molecule has 148 valence electrons. The van der Waals surface area contributed by atoms with E-state index in [0.717, 1.165) is 11.8 Å². The standard InChI is InChI=1S/C20H19FN6O2/c1-27-16-6-10(21)2-5-13(16)17(26-27)15-9-23-19-18(25-15)14(8-22-19)20(29)24-11-3-4-12(28)7-11/h2,5-6,8-9,11-12,28H,3-4,7H2,1H3,(H,22,23)(H,24,29)/t11?,12-/m0/s1. The Morgan fingerprint density at radius 3 is 3.03 bits per heavy atom. The van der Waals surface area contributed by atoms with E-state index in [4.69, 9.17) is 0 Å². The Balaban J connectivity index is 1.54. The number of aryl methyl sites for hydroxylation is 1. The molecule has 8 nitrogen and oxygen atoms in total. The molecule has 1 aliphatic carbocycles. The monoisotopic (exact) mass is 394 g/mol. The molecule has 1 aliphatic rings. The van der Waals surface area contributed by atoms with Gasteiger partial charge in [0, 0.05) is 24.7 Å². The summed E-state index contributed by atoms with van der Waals surface area (Å²) in [6.45, 7) is 0. The Bertz CT molecular complexity index is 1250. The fourth-order valence-corrected chi connectivity index (χ4v) is 3.95. The lowest BCUT2D eigenvalue weighted by Crippen LogP contribution is -2.33. The fourth-order valence-electron chi connectivity index (χ4n) is 3.95. The molecular weight excluding hydrogens is 375 g/mol. The first-order valence-electron chi connectivity index (χ1n) is 9.45. The maximum absolute atomic E-state index is 13.6. The molecule has 1 unspecified atom stereocenters. The van der Waals surface area contributed by atoms with Gasteiger partial charge in [-0.2, -0.15) is 5.10 Å². The number of fused-ring (bicyclic) bond motifs is 2. The third-order valence-corrected chi connectivity index (χ3v) is 5.42. The predicted octanol–water partition coefficient (Wildman–Crippen LogP) is 2.29. The SMILES string of the molecule is Cn1nc(-c2cnc3[nH]cc(C(=O)NC4CC[C@H](O)C4)c3n2)c2ccc(F)cc21. The lowest BCUT2D eigenvalue weighted by atomic mass is 10.1. The van der Waals surface area contributed by atoms with Crippen LogP contribution < -0.4 is 5.32 Å². The van der Waals surface area contributed by atoms with Crippen molar-refractivity contribution in [2.75, 3.05) is 0 Å². The number of nitrogens with zero attached hydrogens (tertiary/aromatic N) is 4. The van der Waals surface area contributed by atoms with E-state index < -0.39 is 0 Å². The molecule has 29 heavy (non-hydrogen) atoms. The van der Waals surface area contributed by atoms with Gasteiger partial charge in [0.25, 0.3) is 5.91 Å². The second-order valence-electron chi connectivity index (χ2n) is 7.43. The highest BCUT2D eigenvalue weighted by Crippen LogP contribution is 2.28. The molecule has 0 aliphatic heterocycles. The van der Waals surface area contributed by atoms with E-state index in [0.29, 0.717) is 46.5 Å². The molecule has 4 aromatic rings. The minimum absolute atomic E-state index is 0.0479. The van der Waals surface area contributed by atoms with E-state index in [1.807, 2.05) is 0 Å². The molecular formula is C20H19FN6O2. The van der Waals surface area contributed by atoms with Gasteiger partial charge in [-0.1, -0.05) is 0 Å². The predicted molar refractivity (Wildman–Crippen MR) is 105 cm³/mol. The summed E-state index contributed by atoms with van der Waals surface area (Å²) in [5.74, 6) is -0.593. The molecule has 5 rings (SSSR count). The summed E-state index contributed by atoms with van der Waals surface area (Å²) >= 11 is 0. The van der Waals surface area contributed by atoms with Crippen LogP contribution in [0.25, 0.3) is 33.5 Å². The topological polar surface area (TPSA) is 109 Å². The quantitative estimate of drug-likeness (QED) is 0.494. The molecule has 1 fully saturated rings. The molecule has 2 atom stereocenters. The van der Waals surface area contributed by atoms with Crippen LogP contribution >= 0.6 is 0 Å². The van der Waals surface area contributed by atoms with Gasteiger partial charge in [0.05, 0.1) is 23.4 Å². The van der Waals surface area contributed by atoms with Crippen molar-refractivity contribution in [2.45, 2.75) is 31.4 Å². The number of aliphatic hydroxyl groups excluding tert-OH is 1. The van der Waals surface area contributed by atoms with Crippen molar-refractivity contribution in [3.05, 3.63) is 42.0 Å². The molecule has 3 heterocycles. The number of aliphatic hydroxyl groups is 1. The number of carbonyl (C=O) groups is 1. The Labute approximate surface area is 164 Å². The van der Waals surface area contributed by atoms with E-state index in [1.165, 1.54) is 12.1 Å². The molecule has 3 N–H and O–H groups in total. The van der Waals surface area contributed by atoms with Crippen molar-refractivity contribution >= 4 is 28.0 Å². The highest BCUT2D eigenvalue weighted by Gasteiger charge is 2.26. The third-order valence-electron chi connectivity index (χ3n) is 5.42. The number of aromatic nitrogens is 5. The van der Waals surface area contributed by atoms with Gasteiger partial charge in [0.15, 0.2) is 5.65 Å². The zero-order valence-corrected chi connectivity index (χ0v) is 15.7. The van der Waals surface area contributed by atoms with Gasteiger partial charge in [0.1, 0.15) is 22.7 Å². The number of hydrogen-bond donors (Lipinski definition) is 3. The van der Waals surface area contributed by atoms with Gasteiger partial charge in [0.2, 0.25) is 0 Å². The van der Waals surface area contributed by atoms with E-state index in [-0.39, 0.29) is 23.9 Å². The van der Waals surface area contributed by atoms with Crippen LogP contribution in [0.2, 0.25) is 0 Å². The van der Waals surface area contributed by atoms with Crippen LogP contribution in [0.15, 0.2) is 30.6 Å². The number of halogens is 1. The Kier molecular flexibility index (Phi) is 4.06. The summed E-state index contributed by atoms with van der Waals surface area (Å²) in [5, 5.41) is 17.8. The number of hydrogen-bond acceptors (Lipinski definition) is 5. The third kappa shape index (κ3) is 3.03. The van der Waals surface area contributed by atoms with E-state index in [1.54, 1.807) is 30.2 Å². The van der Waals surface area contributed by atoms with Crippen LogP contribution in [0, 0.1) is 5.82 Å². The van der Waals surface area contributed by atoms with E-state index in [2.05, 4.69) is 25.4 Å². The summed E-state index contributed by atoms with van der Waals surface area (Å²) in [4.78, 5) is 24.7. The van der Waals surface area contributed by atoms with Gasteiger partial charge < -0.3 is 15.4 Å². The van der Waals surface area contributed by atoms with Crippen molar-refractivity contribution in [2.24, 2.45) is 7.05 Å². The van der Waals surface area contributed by atoms with Gasteiger partial charge in [-0.05, 0) is 37.5 Å². The number of amides is 1. The maximum atomic E-state index is 13.6. The van der Waals surface area contributed by atoms with Crippen LogP contribution in [-0.4, -0.2) is 47.9 Å². The van der Waals surface area contributed by atoms with E-state index in [9.17, 15) is 14.3 Å². The van der Waals surface area contributed by atoms with Crippen molar-refractivity contribution in [1.82, 2.24) is 30.0 Å². The molecule has 1 amide bonds. The number of benzene rings is 1. The minimum atomic E-state index is -0.364. The summed E-state index contributed by atoms with van der Waals surface area (Å²) in [6.07, 6.45) is 4.80. The molecule has 0 radical (unpaired) electrons. The van der Waals surface area contributed by atoms with Crippen LogP contribution in [0.5, 0.6) is 0 Å². The first-order chi connectivity index (χ1) is 14.0. The molecule has 1 aromatic carbocycles. The highest BCUT2D eigenvalue weighted by molar-refractivity contribution is 6.05. The fraction of sp³-hybridized carbons (Fsp3) is 0.300. The lowest BCUT2D eigenvalue weighted by Gasteiger charge is -2.11. The van der Waals surface area contributed by atoms with Crippen molar-refractivity contribution in [3.63, 3.8) is 0 Å². The highest BCUT2D eigenvalue weighted by atomic mass is 19.1. The maximum Gasteiger partial charge on any atom is 0.255 e. The van der Waals surface area contributed by atoms with Crippen LogP contribution in [0.4, 0.5) is 4.39 Å². The lowest BCUT2D eigenvalue weighted by molar-refractivity contribution is 0.0935. The molecule has 1 saturated carbocycles. The first kappa shape index (κ1) is 17.7. The molecule has 9 heteroatoms. The van der Waals surface area contributed by atoms with Crippen LogP contribution in [-0.2, 0) is 7.05 Å². The summed E-state index contributed by atoms with van der Waals surface area (Å²) in [7, 11) is 1.74. The smallest absolute Gasteiger partial charge is 0.255 e. The average Bonchev–Trinajstić information content (AvgIpc) is 3.39. The number of carbonyl (C=O) groups excluding carboxylic acids is 1. The van der Waals surface area contributed by atoms with Crippen LogP contribution in [0.1, 0.15) is 29.6 Å². The summed E-state index contributed by atoms with van der Waals surface area (Å²) in [5.41, 5.74) is 3.05. The van der Waals surface area contributed by atoms with Gasteiger partial charge in [-0.3, -0.25) is 9.48 Å². The minimum Gasteiger partial charge on any atom is -0.393 e. The average molecular weight is 394 g/mol.